The number of amides is 1. The first-order valence-electron chi connectivity index (χ1n) is 10.1. The van der Waals surface area contributed by atoms with Crippen LogP contribution in [0.5, 0.6) is 5.75 Å². The summed E-state index contributed by atoms with van der Waals surface area (Å²) in [5.74, 6) is -0.201. The second-order valence-corrected chi connectivity index (χ2v) is 8.24. The van der Waals surface area contributed by atoms with Gasteiger partial charge in [-0.1, -0.05) is 24.3 Å². The second-order valence-electron chi connectivity index (χ2n) is 7.38. The minimum absolute atomic E-state index is 0.000490. The topological polar surface area (TPSA) is 73.2 Å². The Bertz CT molecular complexity index is 1510. The molecule has 0 fully saturated rings. The highest BCUT2D eigenvalue weighted by atomic mass is 32.1. The average molecular weight is 460 g/mol. The number of ether oxygens (including phenoxy) is 1. The summed E-state index contributed by atoms with van der Waals surface area (Å²) >= 11 is 1.24. The van der Waals surface area contributed by atoms with Gasteiger partial charge in [-0.2, -0.15) is 0 Å². The highest BCUT2D eigenvalue weighted by Crippen LogP contribution is 2.32. The van der Waals surface area contributed by atoms with Crippen molar-refractivity contribution in [3.63, 3.8) is 0 Å². The summed E-state index contributed by atoms with van der Waals surface area (Å²) in [6, 6.07) is 18.7. The molecule has 33 heavy (non-hydrogen) atoms. The summed E-state index contributed by atoms with van der Waals surface area (Å²) < 4.78 is 20.9. The van der Waals surface area contributed by atoms with Gasteiger partial charge in [0.15, 0.2) is 10.6 Å². The van der Waals surface area contributed by atoms with E-state index >= 15 is 0 Å². The monoisotopic (exact) mass is 459 g/mol. The summed E-state index contributed by atoms with van der Waals surface area (Å²) in [6.45, 7) is -0.000490. The van der Waals surface area contributed by atoms with Crippen molar-refractivity contribution in [2.75, 3.05) is 12.4 Å². The number of nitrogens with one attached hydrogen (secondary N) is 1. The predicted octanol–water partition coefficient (Wildman–Crippen LogP) is 5.06. The summed E-state index contributed by atoms with van der Waals surface area (Å²) in [5.41, 5.74) is 2.31. The van der Waals surface area contributed by atoms with Crippen LogP contribution in [0.2, 0.25) is 0 Å². The number of hydrogen-bond donors (Lipinski definition) is 1. The minimum atomic E-state index is -0.402. The molecule has 0 aliphatic heterocycles. The second kappa shape index (κ2) is 8.48. The van der Waals surface area contributed by atoms with Crippen LogP contribution in [0.1, 0.15) is 0 Å². The van der Waals surface area contributed by atoms with Gasteiger partial charge in [-0.25, -0.2) is 9.37 Å². The van der Waals surface area contributed by atoms with Gasteiger partial charge in [0.2, 0.25) is 5.91 Å². The van der Waals surface area contributed by atoms with E-state index in [1.807, 2.05) is 28.8 Å². The molecule has 5 rings (SSSR count). The number of fused-ring (bicyclic) bond motifs is 2. The number of anilines is 1. The first-order valence-corrected chi connectivity index (χ1v) is 11.0. The van der Waals surface area contributed by atoms with Gasteiger partial charge in [-0.15, -0.1) is 11.3 Å². The summed E-state index contributed by atoms with van der Waals surface area (Å²) in [7, 11) is 1.50. The van der Waals surface area contributed by atoms with Crippen molar-refractivity contribution >= 4 is 44.2 Å². The Morgan fingerprint density at radius 1 is 1.06 bits per heavy atom. The highest BCUT2D eigenvalue weighted by molar-refractivity contribution is 7.14. The van der Waals surface area contributed by atoms with Crippen LogP contribution in [0.15, 0.2) is 76.9 Å². The lowest BCUT2D eigenvalue weighted by molar-refractivity contribution is -0.116. The van der Waals surface area contributed by atoms with Crippen LogP contribution in [-0.4, -0.2) is 22.6 Å². The number of rotatable bonds is 5. The number of aromatic nitrogens is 2. The van der Waals surface area contributed by atoms with Crippen molar-refractivity contribution in [2.45, 2.75) is 6.54 Å². The molecule has 0 aliphatic rings. The normalized spacial score (nSPS) is 11.1. The Kier molecular flexibility index (Phi) is 5.35. The van der Waals surface area contributed by atoms with E-state index in [1.165, 1.54) is 36.6 Å². The maximum Gasteiger partial charge on any atom is 0.246 e. The van der Waals surface area contributed by atoms with Crippen LogP contribution in [0.3, 0.4) is 0 Å². The van der Waals surface area contributed by atoms with E-state index in [9.17, 15) is 14.0 Å². The summed E-state index contributed by atoms with van der Waals surface area (Å²) in [5, 5.41) is 6.04. The molecule has 1 amide bonds. The molecule has 0 bridgehead atoms. The Labute approximate surface area is 191 Å². The number of hydrogen-bond acceptors (Lipinski definition) is 5. The Morgan fingerprint density at radius 2 is 1.73 bits per heavy atom. The Hall–Kier alpha value is -4.04. The van der Waals surface area contributed by atoms with Crippen LogP contribution in [0.25, 0.3) is 33.1 Å². The van der Waals surface area contributed by atoms with Crippen molar-refractivity contribution < 1.29 is 13.9 Å². The molecule has 0 aliphatic carbocycles. The molecule has 0 unspecified atom stereocenters. The molecule has 6 nitrogen and oxygen atoms in total. The van der Waals surface area contributed by atoms with Gasteiger partial charge in [-0.3, -0.25) is 9.59 Å². The van der Waals surface area contributed by atoms with Crippen molar-refractivity contribution in [3.05, 3.63) is 88.2 Å². The smallest absolute Gasteiger partial charge is 0.246 e. The lowest BCUT2D eigenvalue weighted by atomic mass is 10.1. The fourth-order valence-electron chi connectivity index (χ4n) is 3.88. The average Bonchev–Trinajstić information content (AvgIpc) is 3.30. The van der Waals surface area contributed by atoms with E-state index in [0.29, 0.717) is 43.9 Å². The zero-order valence-corrected chi connectivity index (χ0v) is 18.4. The fourth-order valence-corrected chi connectivity index (χ4v) is 4.61. The van der Waals surface area contributed by atoms with Gasteiger partial charge >= 0.3 is 0 Å². The van der Waals surface area contributed by atoms with E-state index in [-0.39, 0.29) is 17.9 Å². The van der Waals surface area contributed by atoms with Gasteiger partial charge in [-0.05, 0) is 42.5 Å². The minimum Gasteiger partial charge on any atom is -0.496 e. The van der Waals surface area contributed by atoms with Crippen LogP contribution < -0.4 is 15.5 Å². The van der Waals surface area contributed by atoms with E-state index in [1.54, 1.807) is 29.6 Å². The molecule has 2 heterocycles. The number of para-hydroxylation sites is 2. The largest absolute Gasteiger partial charge is 0.496 e. The van der Waals surface area contributed by atoms with Crippen molar-refractivity contribution in [3.8, 4) is 17.0 Å². The number of carbonyl (C=O) groups excluding carboxylic acids is 1. The van der Waals surface area contributed by atoms with E-state index in [2.05, 4.69) is 10.3 Å². The molecule has 0 saturated carbocycles. The zero-order valence-electron chi connectivity index (χ0n) is 17.5. The maximum absolute atomic E-state index is 13.7. The van der Waals surface area contributed by atoms with E-state index in [0.717, 1.165) is 0 Å². The van der Waals surface area contributed by atoms with Crippen LogP contribution in [0.4, 0.5) is 9.52 Å². The first-order chi connectivity index (χ1) is 16.0. The molecule has 1 N–H and O–H groups in total. The summed E-state index contributed by atoms with van der Waals surface area (Å²) in [4.78, 5) is 30.3. The number of nitrogens with zero attached hydrogens (tertiary/aromatic N) is 2. The van der Waals surface area contributed by atoms with E-state index in [4.69, 9.17) is 4.74 Å². The first kappa shape index (κ1) is 20.8. The predicted molar refractivity (Wildman–Crippen MR) is 128 cm³/mol. The molecule has 5 aromatic rings. The van der Waals surface area contributed by atoms with Gasteiger partial charge in [0.1, 0.15) is 18.1 Å². The zero-order chi connectivity index (χ0) is 22.9. The number of methoxy groups -OCH3 is 1. The molecule has 0 radical (unpaired) electrons. The molecular formula is C25H18FN3O3S. The maximum atomic E-state index is 13.7. The van der Waals surface area contributed by atoms with Gasteiger partial charge in [0, 0.05) is 21.7 Å². The number of thiazole rings is 1. The van der Waals surface area contributed by atoms with E-state index < -0.39 is 5.82 Å². The molecular weight excluding hydrogens is 441 g/mol. The lowest BCUT2D eigenvalue weighted by Crippen LogP contribution is -2.21. The molecule has 3 aromatic carbocycles. The number of halogens is 1. The standard InChI is InChI=1S/C25H18FN3O3S/c1-32-22-11-10-15(26)12-18(22)19-14-33-25(27-19)28-23(30)13-29-20-8-4-2-6-16(20)24(31)17-7-3-5-9-21(17)29/h2-12,14H,13H2,1H3,(H,27,28,30). The molecule has 0 saturated heterocycles. The quantitative estimate of drug-likeness (QED) is 0.373. The van der Waals surface area contributed by atoms with Crippen molar-refractivity contribution in [2.24, 2.45) is 0 Å². The van der Waals surface area contributed by atoms with Crippen LogP contribution in [-0.2, 0) is 11.3 Å². The highest BCUT2D eigenvalue weighted by Gasteiger charge is 2.15. The molecule has 8 heteroatoms. The lowest BCUT2D eigenvalue weighted by Gasteiger charge is -2.14. The number of pyridine rings is 1. The Morgan fingerprint density at radius 3 is 2.39 bits per heavy atom. The van der Waals surface area contributed by atoms with Crippen LogP contribution in [0, 0.1) is 5.82 Å². The van der Waals surface area contributed by atoms with Gasteiger partial charge < -0.3 is 14.6 Å². The summed E-state index contributed by atoms with van der Waals surface area (Å²) in [6.07, 6.45) is 0. The third-order valence-corrected chi connectivity index (χ3v) is 6.13. The van der Waals surface area contributed by atoms with Gasteiger partial charge in [0.25, 0.3) is 0 Å². The molecule has 2 aromatic heterocycles. The SMILES string of the molecule is COc1ccc(F)cc1-c1csc(NC(=O)Cn2c3ccccc3c(=O)c3ccccc32)n1. The number of benzene rings is 3. The van der Waals surface area contributed by atoms with Crippen molar-refractivity contribution in [1.29, 1.82) is 0 Å². The fraction of sp³-hybridized carbons (Fsp3) is 0.0800. The third kappa shape index (κ3) is 3.85. The third-order valence-electron chi connectivity index (χ3n) is 5.37. The number of carbonyl (C=O) groups is 1. The van der Waals surface area contributed by atoms with Crippen molar-refractivity contribution in [1.82, 2.24) is 9.55 Å². The molecule has 0 spiro atoms. The van der Waals surface area contributed by atoms with Crippen LogP contribution >= 0.6 is 11.3 Å². The van der Waals surface area contributed by atoms with Gasteiger partial charge in [0.05, 0.1) is 23.8 Å². The molecule has 164 valence electrons. The Balaban J connectivity index is 1.47. The molecule has 0 atom stereocenters.